The number of hydrogen-bond acceptors (Lipinski definition) is 8. The zero-order valence-electron chi connectivity index (χ0n) is 17.5. The van der Waals surface area contributed by atoms with Crippen LogP contribution in [0.4, 0.5) is 10.1 Å². The fourth-order valence-corrected chi connectivity index (χ4v) is 3.90. The second-order valence-corrected chi connectivity index (χ2v) is 7.65. The number of piperazine rings is 1. The van der Waals surface area contributed by atoms with Crippen LogP contribution < -0.4 is 10.6 Å². The molecular weight excluding hydrogens is 427 g/mol. The first-order valence-corrected chi connectivity index (χ1v) is 10.4. The number of carbonyl (C=O) groups excluding carboxylic acids is 1. The van der Waals surface area contributed by atoms with Gasteiger partial charge in [0.05, 0.1) is 12.1 Å². The smallest absolute Gasteiger partial charge is 0.257 e. The molecule has 5 rings (SSSR count). The summed E-state index contributed by atoms with van der Waals surface area (Å²) in [7, 11) is 0. The highest BCUT2D eigenvalue weighted by Crippen LogP contribution is 2.33. The van der Waals surface area contributed by atoms with E-state index in [1.807, 2.05) is 29.2 Å². The Labute approximate surface area is 188 Å². The maximum atomic E-state index is 15.1. The van der Waals surface area contributed by atoms with Gasteiger partial charge in [-0.2, -0.15) is 0 Å². The van der Waals surface area contributed by atoms with Crippen LogP contribution >= 0.6 is 0 Å². The first-order chi connectivity index (χ1) is 16.1. The van der Waals surface area contributed by atoms with Gasteiger partial charge < -0.3 is 24.6 Å². The summed E-state index contributed by atoms with van der Waals surface area (Å²) in [5.41, 5.74) is 9.23. The van der Waals surface area contributed by atoms with Gasteiger partial charge in [0.1, 0.15) is 23.7 Å². The molecular formula is C23H21FN6O3. The van der Waals surface area contributed by atoms with Gasteiger partial charge in [0.15, 0.2) is 12.1 Å². The third-order valence-corrected chi connectivity index (χ3v) is 5.62. The molecule has 0 spiro atoms. The zero-order chi connectivity index (χ0) is 22.8. The molecule has 2 unspecified atom stereocenters. The molecule has 33 heavy (non-hydrogen) atoms. The number of aromatic nitrogens is 3. The molecule has 4 aromatic rings. The van der Waals surface area contributed by atoms with Gasteiger partial charge in [0.25, 0.3) is 5.91 Å². The van der Waals surface area contributed by atoms with E-state index in [2.05, 4.69) is 15.3 Å². The van der Waals surface area contributed by atoms with Gasteiger partial charge in [0.2, 0.25) is 0 Å². The Morgan fingerprint density at radius 1 is 1.15 bits per heavy atom. The molecule has 1 fully saturated rings. The minimum atomic E-state index is -1.46. The largest absolute Gasteiger partial charge is 0.364 e. The van der Waals surface area contributed by atoms with Crippen LogP contribution in [-0.4, -0.2) is 52.0 Å². The predicted molar refractivity (Wildman–Crippen MR) is 117 cm³/mol. The highest BCUT2D eigenvalue weighted by Gasteiger charge is 2.32. The van der Waals surface area contributed by atoms with Gasteiger partial charge in [-0.3, -0.25) is 9.78 Å². The fourth-order valence-electron chi connectivity index (χ4n) is 3.90. The number of rotatable bonds is 5. The van der Waals surface area contributed by atoms with Crippen molar-refractivity contribution in [1.82, 2.24) is 20.2 Å². The Balaban J connectivity index is 1.35. The lowest BCUT2D eigenvalue weighted by Gasteiger charge is -2.39. The van der Waals surface area contributed by atoms with Gasteiger partial charge >= 0.3 is 0 Å². The molecule has 3 aromatic heterocycles. The molecule has 0 bridgehead atoms. The first-order valence-electron chi connectivity index (χ1n) is 10.4. The molecule has 10 heteroatoms. The van der Waals surface area contributed by atoms with E-state index >= 15 is 4.39 Å². The van der Waals surface area contributed by atoms with Crippen molar-refractivity contribution in [1.29, 1.82) is 0 Å². The van der Waals surface area contributed by atoms with Crippen molar-refractivity contribution in [3.8, 4) is 11.3 Å². The molecule has 1 aliphatic rings. The van der Waals surface area contributed by atoms with E-state index in [9.17, 15) is 4.79 Å². The number of nitrogens with two attached hydrogens (primary N) is 1. The van der Waals surface area contributed by atoms with E-state index in [1.165, 1.54) is 17.4 Å². The van der Waals surface area contributed by atoms with E-state index in [-0.39, 0.29) is 19.0 Å². The lowest BCUT2D eigenvalue weighted by atomic mass is 10.1. The lowest BCUT2D eigenvalue weighted by Crippen LogP contribution is -2.53. The average molecular weight is 448 g/mol. The number of nitrogens with zero attached hydrogens (tertiary/aromatic N) is 5. The molecule has 2 atom stereocenters. The quantitative estimate of drug-likeness (QED) is 0.464. The van der Waals surface area contributed by atoms with Crippen molar-refractivity contribution >= 4 is 11.6 Å². The highest BCUT2D eigenvalue weighted by molar-refractivity contribution is 5.94. The highest BCUT2D eigenvalue weighted by atomic mass is 19.1. The van der Waals surface area contributed by atoms with Crippen LogP contribution in [0.1, 0.15) is 27.9 Å². The second-order valence-electron chi connectivity index (χ2n) is 7.65. The molecule has 1 aliphatic heterocycles. The summed E-state index contributed by atoms with van der Waals surface area (Å²) in [6.45, 7) is 0.739. The number of halogens is 1. The molecule has 1 aromatic carbocycles. The minimum Gasteiger partial charge on any atom is -0.364 e. The van der Waals surface area contributed by atoms with E-state index in [4.69, 9.17) is 14.8 Å². The summed E-state index contributed by atoms with van der Waals surface area (Å²) in [4.78, 5) is 19.8. The molecule has 168 valence electrons. The molecule has 4 heterocycles. The number of pyridine rings is 1. The number of para-hydroxylation sites is 1. The Hall–Kier alpha value is -4.05. The minimum absolute atomic E-state index is 0.0339. The molecule has 9 nitrogen and oxygen atoms in total. The number of amides is 1. The Morgan fingerprint density at radius 2 is 2.03 bits per heavy atom. The summed E-state index contributed by atoms with van der Waals surface area (Å²) < 4.78 is 25.4. The molecule has 0 aliphatic carbocycles. The zero-order valence-corrected chi connectivity index (χ0v) is 17.5. The van der Waals surface area contributed by atoms with Gasteiger partial charge in [-0.25, -0.2) is 4.39 Å². The summed E-state index contributed by atoms with van der Waals surface area (Å²) in [6, 6.07) is 13.6. The van der Waals surface area contributed by atoms with Gasteiger partial charge in [-0.15, -0.1) is 0 Å². The third kappa shape index (κ3) is 4.08. The average Bonchev–Trinajstić information content (AvgIpc) is 3.57. The van der Waals surface area contributed by atoms with Crippen LogP contribution in [0.3, 0.4) is 0 Å². The maximum absolute atomic E-state index is 15.1. The number of benzene rings is 1. The molecule has 0 saturated carbocycles. The van der Waals surface area contributed by atoms with Gasteiger partial charge in [-0.1, -0.05) is 28.5 Å². The van der Waals surface area contributed by atoms with E-state index < -0.39 is 12.3 Å². The SMILES string of the molecule is NC(c1ccon1)c1cc(-c2ccccc2N2CCN(C(=O)c3cccnc3)C(F)C2)no1. The summed E-state index contributed by atoms with van der Waals surface area (Å²) >= 11 is 0. The van der Waals surface area contributed by atoms with Crippen molar-refractivity contribution in [2.24, 2.45) is 5.73 Å². The van der Waals surface area contributed by atoms with Crippen molar-refractivity contribution in [2.75, 3.05) is 24.5 Å². The summed E-state index contributed by atoms with van der Waals surface area (Å²) in [5, 5.41) is 8.01. The predicted octanol–water partition coefficient (Wildman–Crippen LogP) is 3.03. The lowest BCUT2D eigenvalue weighted by molar-refractivity contribution is 0.0422. The van der Waals surface area contributed by atoms with Crippen LogP contribution in [-0.2, 0) is 0 Å². The molecule has 1 amide bonds. The van der Waals surface area contributed by atoms with E-state index in [0.29, 0.717) is 29.3 Å². The van der Waals surface area contributed by atoms with Crippen LogP contribution in [0.15, 0.2) is 76.2 Å². The molecule has 1 saturated heterocycles. The van der Waals surface area contributed by atoms with Crippen molar-refractivity contribution in [2.45, 2.75) is 12.3 Å². The van der Waals surface area contributed by atoms with Crippen LogP contribution in [0, 0.1) is 0 Å². The fraction of sp³-hybridized carbons (Fsp3) is 0.217. The third-order valence-electron chi connectivity index (χ3n) is 5.62. The van der Waals surface area contributed by atoms with E-state index in [0.717, 1.165) is 11.3 Å². The summed E-state index contributed by atoms with van der Waals surface area (Å²) in [5.74, 6) is 0.0653. The number of hydrogen-bond donors (Lipinski definition) is 1. The maximum Gasteiger partial charge on any atom is 0.257 e. The van der Waals surface area contributed by atoms with Crippen molar-refractivity contribution in [3.63, 3.8) is 0 Å². The standard InChI is InChI=1S/C23H21FN6O3/c24-21-14-29(9-10-30(21)23(31)15-4-3-8-26-13-15)19-6-2-1-5-16(19)18-12-20(33-28-18)22(25)17-7-11-32-27-17/h1-8,11-13,21-22H,9-10,14,25H2. The van der Waals surface area contributed by atoms with Gasteiger partial charge in [0, 0.05) is 48.9 Å². The van der Waals surface area contributed by atoms with Crippen LogP contribution in [0.5, 0.6) is 0 Å². The number of carbonyl (C=O) groups is 1. The Morgan fingerprint density at radius 3 is 2.79 bits per heavy atom. The normalized spacial score (nSPS) is 17.2. The topological polar surface area (TPSA) is 115 Å². The number of alkyl halides is 1. The Kier molecular flexibility index (Phi) is 5.57. The molecule has 2 N–H and O–H groups in total. The number of anilines is 1. The monoisotopic (exact) mass is 448 g/mol. The molecule has 0 radical (unpaired) electrons. The van der Waals surface area contributed by atoms with Crippen LogP contribution in [0.25, 0.3) is 11.3 Å². The Bertz CT molecular complexity index is 1230. The van der Waals surface area contributed by atoms with Crippen LogP contribution in [0.2, 0.25) is 0 Å². The van der Waals surface area contributed by atoms with Crippen molar-refractivity contribution in [3.05, 3.63) is 84.2 Å². The van der Waals surface area contributed by atoms with E-state index in [1.54, 1.807) is 30.5 Å². The van der Waals surface area contributed by atoms with Crippen molar-refractivity contribution < 1.29 is 18.2 Å². The second kappa shape index (κ2) is 8.83. The van der Waals surface area contributed by atoms with Gasteiger partial charge in [-0.05, 0) is 18.2 Å². The summed E-state index contributed by atoms with van der Waals surface area (Å²) in [6.07, 6.45) is 3.00. The first kappa shape index (κ1) is 20.8.